The lowest BCUT2D eigenvalue weighted by atomic mass is 10.2. The summed E-state index contributed by atoms with van der Waals surface area (Å²) in [6, 6.07) is 13.3. The molecule has 0 aliphatic carbocycles. The molecule has 1 N–H and O–H groups in total. The first kappa shape index (κ1) is 23.2. The van der Waals surface area contributed by atoms with E-state index in [0.29, 0.717) is 32.0 Å². The van der Waals surface area contributed by atoms with Crippen LogP contribution in [0.1, 0.15) is 22.8 Å². The van der Waals surface area contributed by atoms with Crippen LogP contribution in [-0.4, -0.2) is 69.4 Å². The number of aromatic nitrogens is 4. The molecule has 178 valence electrons. The smallest absolute Gasteiger partial charge is 0.407 e. The summed E-state index contributed by atoms with van der Waals surface area (Å²) in [6.07, 6.45) is -0.607. The summed E-state index contributed by atoms with van der Waals surface area (Å²) in [4.78, 5) is 37.5. The number of benzene rings is 1. The molecule has 0 saturated carbocycles. The number of anilines is 1. The van der Waals surface area contributed by atoms with E-state index in [1.165, 1.54) is 0 Å². The van der Waals surface area contributed by atoms with Gasteiger partial charge in [0.15, 0.2) is 5.82 Å². The van der Waals surface area contributed by atoms with E-state index < -0.39 is 6.09 Å². The fraction of sp³-hybridized carbons (Fsp3) is 0.375. The van der Waals surface area contributed by atoms with E-state index in [1.54, 1.807) is 4.90 Å². The molecule has 2 aromatic heterocycles. The van der Waals surface area contributed by atoms with Gasteiger partial charge in [-0.2, -0.15) is 5.10 Å². The molecule has 0 unspecified atom stereocenters. The van der Waals surface area contributed by atoms with Gasteiger partial charge in [-0.25, -0.2) is 19.4 Å². The van der Waals surface area contributed by atoms with Gasteiger partial charge in [-0.05, 0) is 32.4 Å². The molecule has 1 aromatic carbocycles. The maximum atomic E-state index is 12.6. The topological polar surface area (TPSA) is 105 Å². The van der Waals surface area contributed by atoms with E-state index in [9.17, 15) is 9.59 Å². The maximum absolute atomic E-state index is 12.6. The Morgan fingerprint density at radius 2 is 1.68 bits per heavy atom. The van der Waals surface area contributed by atoms with Crippen LogP contribution in [0.15, 0.2) is 42.5 Å². The molecule has 0 atom stereocenters. The summed E-state index contributed by atoms with van der Waals surface area (Å²) in [5.74, 6) is 2.06. The van der Waals surface area contributed by atoms with Crippen LogP contribution in [0.5, 0.6) is 0 Å². The lowest BCUT2D eigenvalue weighted by molar-refractivity contribution is -0.130. The number of carbonyl (C=O) groups is 2. The number of aryl methyl sites for hydroxylation is 3. The van der Waals surface area contributed by atoms with E-state index in [2.05, 4.69) is 25.3 Å². The van der Waals surface area contributed by atoms with Crippen LogP contribution in [0.25, 0.3) is 5.82 Å². The zero-order chi connectivity index (χ0) is 24.1. The Balaban J connectivity index is 1.28. The Kier molecular flexibility index (Phi) is 7.05. The number of hydrogen-bond donors (Lipinski definition) is 1. The summed E-state index contributed by atoms with van der Waals surface area (Å²) < 4.78 is 6.97. The first-order chi connectivity index (χ1) is 16.4. The minimum Gasteiger partial charge on any atom is -0.445 e. The molecule has 1 saturated heterocycles. The van der Waals surface area contributed by atoms with Crippen molar-refractivity contribution in [3.8, 4) is 5.82 Å². The monoisotopic (exact) mass is 463 g/mol. The minimum atomic E-state index is -0.607. The number of ether oxygens (including phenoxy) is 1. The first-order valence-corrected chi connectivity index (χ1v) is 11.3. The van der Waals surface area contributed by atoms with Crippen LogP contribution in [0, 0.1) is 20.8 Å². The van der Waals surface area contributed by atoms with E-state index in [1.807, 2.05) is 67.9 Å². The SMILES string of the molecule is Cc1cc(C)n(-c2cc(N3CCN(C(=O)CNC(=O)OCc4ccccc4)CC3)nc(C)n2)n1. The highest BCUT2D eigenvalue weighted by Crippen LogP contribution is 2.19. The maximum Gasteiger partial charge on any atom is 0.407 e. The van der Waals surface area contributed by atoms with Gasteiger partial charge in [-0.15, -0.1) is 0 Å². The van der Waals surface area contributed by atoms with Gasteiger partial charge in [0, 0.05) is 37.9 Å². The number of carbonyl (C=O) groups excluding carboxylic acids is 2. The Hall–Kier alpha value is -3.95. The number of rotatable bonds is 6. The summed E-state index contributed by atoms with van der Waals surface area (Å²) >= 11 is 0. The van der Waals surface area contributed by atoms with Gasteiger partial charge in [0.25, 0.3) is 0 Å². The van der Waals surface area contributed by atoms with E-state index >= 15 is 0 Å². The molecule has 0 radical (unpaired) electrons. The molecule has 1 aliphatic rings. The number of amides is 2. The van der Waals surface area contributed by atoms with Crippen molar-refractivity contribution >= 4 is 17.8 Å². The number of piperazine rings is 1. The van der Waals surface area contributed by atoms with Gasteiger partial charge in [-0.1, -0.05) is 30.3 Å². The molecule has 34 heavy (non-hydrogen) atoms. The van der Waals surface area contributed by atoms with Crippen LogP contribution in [0.4, 0.5) is 10.6 Å². The molecule has 10 heteroatoms. The average molecular weight is 464 g/mol. The molecule has 3 heterocycles. The lowest BCUT2D eigenvalue weighted by Gasteiger charge is -2.35. The van der Waals surface area contributed by atoms with E-state index in [0.717, 1.165) is 28.6 Å². The van der Waals surface area contributed by atoms with Crippen molar-refractivity contribution in [2.75, 3.05) is 37.6 Å². The molecule has 2 amide bonds. The van der Waals surface area contributed by atoms with Crippen molar-refractivity contribution < 1.29 is 14.3 Å². The van der Waals surface area contributed by atoms with Gasteiger partial charge in [0.1, 0.15) is 24.8 Å². The Morgan fingerprint density at radius 3 is 2.35 bits per heavy atom. The predicted octanol–water partition coefficient (Wildman–Crippen LogP) is 2.16. The van der Waals surface area contributed by atoms with Crippen LogP contribution in [-0.2, 0) is 16.1 Å². The molecule has 4 rings (SSSR count). The van der Waals surface area contributed by atoms with Crippen LogP contribution < -0.4 is 10.2 Å². The van der Waals surface area contributed by atoms with Gasteiger partial charge >= 0.3 is 6.09 Å². The number of nitrogens with one attached hydrogen (secondary N) is 1. The normalized spacial score (nSPS) is 13.6. The fourth-order valence-corrected chi connectivity index (χ4v) is 3.89. The first-order valence-electron chi connectivity index (χ1n) is 11.3. The van der Waals surface area contributed by atoms with Crippen molar-refractivity contribution in [2.24, 2.45) is 0 Å². The van der Waals surface area contributed by atoms with Crippen molar-refractivity contribution in [3.63, 3.8) is 0 Å². The molecule has 10 nitrogen and oxygen atoms in total. The summed E-state index contributed by atoms with van der Waals surface area (Å²) in [5, 5.41) is 7.06. The third-order valence-corrected chi connectivity index (χ3v) is 5.59. The van der Waals surface area contributed by atoms with Crippen molar-refractivity contribution in [1.82, 2.24) is 30.0 Å². The summed E-state index contributed by atoms with van der Waals surface area (Å²) in [6.45, 7) is 8.23. The molecule has 3 aromatic rings. The van der Waals surface area contributed by atoms with Gasteiger partial charge in [0.2, 0.25) is 5.91 Å². The number of nitrogens with zero attached hydrogens (tertiary/aromatic N) is 6. The molecule has 1 fully saturated rings. The van der Waals surface area contributed by atoms with Gasteiger partial charge in [-0.3, -0.25) is 4.79 Å². The molecule has 1 aliphatic heterocycles. The number of alkyl carbamates (subject to hydrolysis) is 1. The Labute approximate surface area is 198 Å². The Bertz CT molecular complexity index is 1150. The second kappa shape index (κ2) is 10.3. The van der Waals surface area contributed by atoms with Crippen LogP contribution in [0.2, 0.25) is 0 Å². The highest BCUT2D eigenvalue weighted by molar-refractivity contribution is 5.82. The largest absolute Gasteiger partial charge is 0.445 e. The second-order valence-electron chi connectivity index (χ2n) is 8.25. The van der Waals surface area contributed by atoms with Gasteiger partial charge in [0.05, 0.1) is 5.69 Å². The zero-order valence-electron chi connectivity index (χ0n) is 19.7. The van der Waals surface area contributed by atoms with Gasteiger partial charge < -0.3 is 19.9 Å². The van der Waals surface area contributed by atoms with Crippen molar-refractivity contribution in [3.05, 3.63) is 65.2 Å². The number of hydrogen-bond acceptors (Lipinski definition) is 7. The fourth-order valence-electron chi connectivity index (χ4n) is 3.89. The molecular formula is C24H29N7O3. The van der Waals surface area contributed by atoms with Crippen LogP contribution in [0.3, 0.4) is 0 Å². The van der Waals surface area contributed by atoms with E-state index in [-0.39, 0.29) is 19.1 Å². The average Bonchev–Trinajstić information content (AvgIpc) is 3.19. The lowest BCUT2D eigenvalue weighted by Crippen LogP contribution is -2.51. The van der Waals surface area contributed by atoms with Crippen molar-refractivity contribution in [2.45, 2.75) is 27.4 Å². The van der Waals surface area contributed by atoms with Crippen molar-refractivity contribution in [1.29, 1.82) is 0 Å². The molecular weight excluding hydrogens is 434 g/mol. The summed E-state index contributed by atoms with van der Waals surface area (Å²) in [7, 11) is 0. The van der Waals surface area contributed by atoms with Crippen LogP contribution >= 0.6 is 0 Å². The highest BCUT2D eigenvalue weighted by atomic mass is 16.5. The zero-order valence-corrected chi connectivity index (χ0v) is 19.7. The standard InChI is InChI=1S/C24H29N7O3/c1-17-13-18(2)31(28-17)22-14-21(26-19(3)27-22)29-9-11-30(12-10-29)23(32)15-25-24(33)34-16-20-7-5-4-6-8-20/h4-8,13-14H,9-12,15-16H2,1-3H3,(H,25,33). The second-order valence-corrected chi connectivity index (χ2v) is 8.25. The third-order valence-electron chi connectivity index (χ3n) is 5.59. The van der Waals surface area contributed by atoms with E-state index in [4.69, 9.17) is 4.74 Å². The minimum absolute atomic E-state index is 0.0949. The molecule has 0 bridgehead atoms. The predicted molar refractivity (Wildman–Crippen MR) is 127 cm³/mol. The Morgan fingerprint density at radius 1 is 0.971 bits per heavy atom. The summed E-state index contributed by atoms with van der Waals surface area (Å²) in [5.41, 5.74) is 2.83. The highest BCUT2D eigenvalue weighted by Gasteiger charge is 2.23. The quantitative estimate of drug-likeness (QED) is 0.597. The third kappa shape index (κ3) is 5.69. The molecule has 0 spiro atoms.